The molecule has 0 bridgehead atoms. The van der Waals surface area contributed by atoms with Crippen LogP contribution in [0.4, 0.5) is 0 Å². The zero-order valence-corrected chi connectivity index (χ0v) is 13.9. The van der Waals surface area contributed by atoms with E-state index in [0.29, 0.717) is 22.3 Å². The maximum absolute atomic E-state index is 12.5. The van der Waals surface area contributed by atoms with Crippen LogP contribution in [-0.2, 0) is 0 Å². The number of hydrogen-bond donors (Lipinski definition) is 0. The van der Waals surface area contributed by atoms with E-state index in [1.54, 1.807) is 12.3 Å². The van der Waals surface area contributed by atoms with Gasteiger partial charge in [-0.25, -0.2) is 4.98 Å². The van der Waals surface area contributed by atoms with E-state index < -0.39 is 0 Å². The summed E-state index contributed by atoms with van der Waals surface area (Å²) in [4.78, 5) is 21.0. The fourth-order valence-corrected chi connectivity index (χ4v) is 3.11. The molecule has 0 radical (unpaired) electrons. The maximum atomic E-state index is 12.5. The third-order valence-electron chi connectivity index (χ3n) is 4.09. The van der Waals surface area contributed by atoms with Crippen molar-refractivity contribution in [1.82, 2.24) is 14.8 Å². The molecule has 1 aliphatic rings. The number of amides is 1. The van der Waals surface area contributed by atoms with Crippen molar-refractivity contribution in [3.05, 3.63) is 28.5 Å². The van der Waals surface area contributed by atoms with Crippen LogP contribution in [0.2, 0.25) is 0 Å². The van der Waals surface area contributed by atoms with Gasteiger partial charge in [0.1, 0.15) is 4.60 Å². The zero-order valence-electron chi connectivity index (χ0n) is 12.3. The van der Waals surface area contributed by atoms with Crippen LogP contribution < -0.4 is 0 Å². The van der Waals surface area contributed by atoms with Crippen LogP contribution in [0.5, 0.6) is 0 Å². The average Bonchev–Trinajstić information content (AvgIpc) is 2.46. The third-order valence-corrected chi connectivity index (χ3v) is 4.72. The molecule has 4 nitrogen and oxygen atoms in total. The molecule has 1 saturated heterocycles. The van der Waals surface area contributed by atoms with Gasteiger partial charge in [0.15, 0.2) is 0 Å². The van der Waals surface area contributed by atoms with Gasteiger partial charge in [0.05, 0.1) is 5.56 Å². The van der Waals surface area contributed by atoms with Gasteiger partial charge in [0, 0.05) is 38.4 Å². The van der Waals surface area contributed by atoms with E-state index in [-0.39, 0.29) is 5.91 Å². The largest absolute Gasteiger partial charge is 0.339 e. The first-order chi connectivity index (χ1) is 9.50. The molecule has 0 aromatic carbocycles. The van der Waals surface area contributed by atoms with Crippen molar-refractivity contribution in [3.63, 3.8) is 0 Å². The second-order valence-electron chi connectivity index (χ2n) is 5.62. The molecular weight excluding hydrogens is 318 g/mol. The van der Waals surface area contributed by atoms with Gasteiger partial charge < -0.3 is 9.80 Å². The predicted octanol–water partition coefficient (Wildman–Crippen LogP) is 2.79. The lowest BCUT2D eigenvalue weighted by Crippen LogP contribution is -2.47. The summed E-state index contributed by atoms with van der Waals surface area (Å²) in [5.74, 6) is 0.0490. The summed E-state index contributed by atoms with van der Waals surface area (Å²) < 4.78 is 0.622. The highest BCUT2D eigenvalue weighted by molar-refractivity contribution is 9.10. The Kier molecular flexibility index (Phi) is 5.16. The van der Waals surface area contributed by atoms with E-state index in [1.165, 1.54) is 0 Å². The number of nitrogens with zero attached hydrogens (tertiary/aromatic N) is 3. The standard InChI is InChI=1S/C15H22BrN3O/c1-11(2)19-9-6-12(7-10-19)18(3)15(20)13-5-4-8-17-14(13)16/h4-5,8,11-12H,6-7,9-10H2,1-3H3. The molecule has 20 heavy (non-hydrogen) atoms. The van der Waals surface area contributed by atoms with Gasteiger partial charge in [0.25, 0.3) is 5.91 Å². The lowest BCUT2D eigenvalue weighted by atomic mass is 10.0. The number of carbonyl (C=O) groups excluding carboxylic acids is 1. The van der Waals surface area contributed by atoms with Crippen molar-refractivity contribution in [3.8, 4) is 0 Å². The van der Waals surface area contributed by atoms with Gasteiger partial charge in [-0.3, -0.25) is 4.79 Å². The highest BCUT2D eigenvalue weighted by atomic mass is 79.9. The molecule has 0 unspecified atom stereocenters. The minimum absolute atomic E-state index is 0.0490. The van der Waals surface area contributed by atoms with E-state index in [0.717, 1.165) is 25.9 Å². The van der Waals surface area contributed by atoms with Crippen molar-refractivity contribution < 1.29 is 4.79 Å². The summed E-state index contributed by atoms with van der Waals surface area (Å²) >= 11 is 3.35. The van der Waals surface area contributed by atoms with Crippen LogP contribution in [0.1, 0.15) is 37.0 Å². The Morgan fingerprint density at radius 1 is 1.45 bits per heavy atom. The third kappa shape index (κ3) is 3.38. The average molecular weight is 340 g/mol. The van der Waals surface area contributed by atoms with Crippen molar-refractivity contribution in [2.45, 2.75) is 38.8 Å². The molecule has 110 valence electrons. The van der Waals surface area contributed by atoms with Crippen molar-refractivity contribution in [1.29, 1.82) is 0 Å². The second kappa shape index (κ2) is 6.68. The van der Waals surface area contributed by atoms with Crippen LogP contribution in [0.25, 0.3) is 0 Å². The van der Waals surface area contributed by atoms with Crippen LogP contribution in [0, 0.1) is 0 Å². The fraction of sp³-hybridized carbons (Fsp3) is 0.600. The smallest absolute Gasteiger partial charge is 0.256 e. The van der Waals surface area contributed by atoms with Crippen LogP contribution >= 0.6 is 15.9 Å². The van der Waals surface area contributed by atoms with Gasteiger partial charge in [0.2, 0.25) is 0 Å². The number of piperidine rings is 1. The maximum Gasteiger partial charge on any atom is 0.256 e. The number of likely N-dealkylation sites (tertiary alicyclic amines) is 1. The van der Waals surface area contributed by atoms with E-state index in [1.807, 2.05) is 18.0 Å². The van der Waals surface area contributed by atoms with Gasteiger partial charge >= 0.3 is 0 Å². The molecule has 5 heteroatoms. The minimum Gasteiger partial charge on any atom is -0.339 e. The molecule has 1 fully saturated rings. The molecule has 0 saturated carbocycles. The molecule has 2 rings (SSSR count). The molecule has 1 aliphatic heterocycles. The Morgan fingerprint density at radius 2 is 2.10 bits per heavy atom. The Hall–Kier alpha value is -0.940. The van der Waals surface area contributed by atoms with Crippen molar-refractivity contribution in [2.24, 2.45) is 0 Å². The lowest BCUT2D eigenvalue weighted by molar-refractivity contribution is 0.0614. The summed E-state index contributed by atoms with van der Waals surface area (Å²) in [5, 5.41) is 0. The first-order valence-electron chi connectivity index (χ1n) is 7.12. The highest BCUT2D eigenvalue weighted by Gasteiger charge is 2.27. The summed E-state index contributed by atoms with van der Waals surface area (Å²) in [5.41, 5.74) is 0.640. The summed E-state index contributed by atoms with van der Waals surface area (Å²) in [6.45, 7) is 6.58. The molecule has 0 spiro atoms. The molecule has 1 aromatic heterocycles. The SMILES string of the molecule is CC(C)N1CCC(N(C)C(=O)c2cccnc2Br)CC1. The lowest BCUT2D eigenvalue weighted by Gasteiger charge is -2.38. The van der Waals surface area contributed by atoms with Gasteiger partial charge in [-0.2, -0.15) is 0 Å². The number of pyridine rings is 1. The van der Waals surface area contributed by atoms with Crippen LogP contribution in [0.15, 0.2) is 22.9 Å². The molecule has 2 heterocycles. The Bertz CT molecular complexity index is 470. The molecular formula is C15H22BrN3O. The van der Waals surface area contributed by atoms with E-state index in [2.05, 4.69) is 39.7 Å². The molecule has 0 N–H and O–H groups in total. The number of halogens is 1. The molecule has 0 atom stereocenters. The minimum atomic E-state index is 0.0490. The highest BCUT2D eigenvalue weighted by Crippen LogP contribution is 2.21. The van der Waals surface area contributed by atoms with Crippen LogP contribution in [-0.4, -0.2) is 52.9 Å². The number of aromatic nitrogens is 1. The van der Waals surface area contributed by atoms with Crippen molar-refractivity contribution >= 4 is 21.8 Å². The Labute approximate surface area is 129 Å². The first kappa shape index (κ1) is 15.4. The quantitative estimate of drug-likeness (QED) is 0.794. The fourth-order valence-electron chi connectivity index (χ4n) is 2.69. The monoisotopic (exact) mass is 339 g/mol. The van der Waals surface area contributed by atoms with E-state index in [9.17, 15) is 4.79 Å². The summed E-state index contributed by atoms with van der Waals surface area (Å²) in [6.07, 6.45) is 3.76. The number of carbonyl (C=O) groups is 1. The second-order valence-corrected chi connectivity index (χ2v) is 6.37. The number of rotatable bonds is 3. The van der Waals surface area contributed by atoms with E-state index >= 15 is 0 Å². The zero-order chi connectivity index (χ0) is 14.7. The predicted molar refractivity (Wildman–Crippen MR) is 83.8 cm³/mol. The Morgan fingerprint density at radius 3 is 2.65 bits per heavy atom. The number of hydrogen-bond acceptors (Lipinski definition) is 3. The molecule has 1 amide bonds. The van der Waals surface area contributed by atoms with Crippen molar-refractivity contribution in [2.75, 3.05) is 20.1 Å². The molecule has 1 aromatic rings. The Balaban J connectivity index is 2.00. The summed E-state index contributed by atoms with van der Waals surface area (Å²) in [6, 6.07) is 4.53. The van der Waals surface area contributed by atoms with Gasteiger partial charge in [-0.05, 0) is 54.8 Å². The first-order valence-corrected chi connectivity index (χ1v) is 7.91. The molecule has 0 aliphatic carbocycles. The van der Waals surface area contributed by atoms with E-state index in [4.69, 9.17) is 0 Å². The normalized spacial score (nSPS) is 17.4. The topological polar surface area (TPSA) is 36.4 Å². The van der Waals surface area contributed by atoms with Gasteiger partial charge in [-0.15, -0.1) is 0 Å². The van der Waals surface area contributed by atoms with Crippen LogP contribution in [0.3, 0.4) is 0 Å². The van der Waals surface area contributed by atoms with Gasteiger partial charge in [-0.1, -0.05) is 0 Å². The summed E-state index contributed by atoms with van der Waals surface area (Å²) in [7, 11) is 1.90.